The van der Waals surface area contributed by atoms with Crippen LogP contribution in [0, 0.1) is 0 Å². The number of nitrogens with zero attached hydrogens (tertiary/aromatic N) is 4. The van der Waals surface area contributed by atoms with Crippen LogP contribution in [-0.2, 0) is 13.7 Å². The summed E-state index contributed by atoms with van der Waals surface area (Å²) < 4.78 is 12.8. The van der Waals surface area contributed by atoms with Gasteiger partial charge in [0.25, 0.3) is 5.56 Å². The Bertz CT molecular complexity index is 1130. The van der Waals surface area contributed by atoms with Crippen LogP contribution in [0.5, 0.6) is 11.5 Å². The molecular weight excluding hydrogens is 336 g/mol. The van der Waals surface area contributed by atoms with Gasteiger partial charge in [0.05, 0.1) is 18.1 Å². The number of rotatable bonds is 4. The average Bonchev–Trinajstić information content (AvgIpc) is 3.07. The van der Waals surface area contributed by atoms with Gasteiger partial charge in [-0.15, -0.1) is 0 Å². The molecule has 4 aromatic rings. The Kier molecular flexibility index (Phi) is 3.85. The van der Waals surface area contributed by atoms with Gasteiger partial charge in [0.2, 0.25) is 5.89 Å². The first kappa shape index (κ1) is 15.8. The van der Waals surface area contributed by atoms with E-state index in [1.165, 1.54) is 17.0 Å². The second-order valence-electron chi connectivity index (χ2n) is 5.67. The first-order chi connectivity index (χ1) is 12.6. The van der Waals surface area contributed by atoms with Crippen molar-refractivity contribution in [3.05, 3.63) is 65.0 Å². The highest BCUT2D eigenvalue weighted by Crippen LogP contribution is 2.26. The largest absolute Gasteiger partial charge is 0.506 e. The highest BCUT2D eigenvalue weighted by Gasteiger charge is 2.11. The molecule has 4 rings (SSSR count). The maximum atomic E-state index is 11.4. The summed E-state index contributed by atoms with van der Waals surface area (Å²) in [5.74, 6) is 1.05. The number of benzene rings is 1. The predicted molar refractivity (Wildman–Crippen MR) is 92.7 cm³/mol. The second kappa shape index (κ2) is 6.32. The minimum absolute atomic E-state index is 0.109. The first-order valence-corrected chi connectivity index (χ1v) is 7.79. The van der Waals surface area contributed by atoms with Crippen molar-refractivity contribution < 1.29 is 14.3 Å². The summed E-state index contributed by atoms with van der Waals surface area (Å²) in [5, 5.41) is 9.24. The number of hydrogen-bond acceptors (Lipinski definition) is 7. The third-order valence-corrected chi connectivity index (χ3v) is 3.75. The Hall–Kier alpha value is -3.68. The van der Waals surface area contributed by atoms with E-state index in [9.17, 15) is 9.90 Å². The van der Waals surface area contributed by atoms with E-state index in [2.05, 4.69) is 15.0 Å². The van der Waals surface area contributed by atoms with E-state index in [1.54, 1.807) is 43.6 Å². The summed E-state index contributed by atoms with van der Waals surface area (Å²) in [6.07, 6.45) is 4.16. The Morgan fingerprint density at radius 1 is 1.19 bits per heavy atom. The van der Waals surface area contributed by atoms with E-state index in [1.807, 2.05) is 0 Å². The minimum Gasteiger partial charge on any atom is -0.506 e. The van der Waals surface area contributed by atoms with Gasteiger partial charge in [-0.25, -0.2) is 9.97 Å². The molecule has 0 aliphatic heterocycles. The van der Waals surface area contributed by atoms with Crippen LogP contribution in [0.25, 0.3) is 22.7 Å². The molecule has 1 aromatic carbocycles. The molecule has 0 aliphatic rings. The monoisotopic (exact) mass is 350 g/mol. The lowest BCUT2D eigenvalue weighted by Gasteiger charge is -2.05. The van der Waals surface area contributed by atoms with Crippen LogP contribution in [0.2, 0.25) is 0 Å². The van der Waals surface area contributed by atoms with Gasteiger partial charge in [-0.1, -0.05) is 0 Å². The highest BCUT2D eigenvalue weighted by atomic mass is 16.5. The van der Waals surface area contributed by atoms with Crippen LogP contribution in [-0.4, -0.2) is 24.6 Å². The van der Waals surface area contributed by atoms with E-state index >= 15 is 0 Å². The maximum absolute atomic E-state index is 11.4. The van der Waals surface area contributed by atoms with Gasteiger partial charge in [0.1, 0.15) is 29.3 Å². The third kappa shape index (κ3) is 3.12. The molecule has 3 aromatic heterocycles. The summed E-state index contributed by atoms with van der Waals surface area (Å²) in [5.41, 5.74) is 2.16. The number of aromatic hydroxyl groups is 1. The lowest BCUT2D eigenvalue weighted by molar-refractivity contribution is 0.301. The molecule has 0 saturated heterocycles. The molecule has 130 valence electrons. The molecule has 0 amide bonds. The lowest BCUT2D eigenvalue weighted by Crippen LogP contribution is -2.15. The fourth-order valence-electron chi connectivity index (χ4n) is 2.37. The van der Waals surface area contributed by atoms with E-state index in [0.717, 1.165) is 0 Å². The zero-order valence-electron chi connectivity index (χ0n) is 13.8. The van der Waals surface area contributed by atoms with Crippen molar-refractivity contribution in [2.24, 2.45) is 7.05 Å². The molecule has 0 bridgehead atoms. The summed E-state index contributed by atoms with van der Waals surface area (Å²) in [6.45, 7) is 0.263. The molecular formula is C18H14N4O4. The lowest BCUT2D eigenvalue weighted by atomic mass is 10.3. The summed E-state index contributed by atoms with van der Waals surface area (Å²) >= 11 is 0. The van der Waals surface area contributed by atoms with E-state index in [0.29, 0.717) is 34.1 Å². The van der Waals surface area contributed by atoms with Crippen LogP contribution in [0.15, 0.2) is 58.1 Å². The smallest absolute Gasteiger partial charge is 0.268 e. The summed E-state index contributed by atoms with van der Waals surface area (Å²) in [7, 11) is 1.64. The topological polar surface area (TPSA) is 103 Å². The normalized spacial score (nSPS) is 11.0. The molecule has 0 atom stereocenters. The Balaban J connectivity index is 1.58. The first-order valence-electron chi connectivity index (χ1n) is 7.79. The number of hydrogen-bond donors (Lipinski definition) is 1. The van der Waals surface area contributed by atoms with Gasteiger partial charge in [0.15, 0.2) is 5.58 Å². The fraction of sp³-hybridized carbons (Fsp3) is 0.111. The van der Waals surface area contributed by atoms with Crippen LogP contribution < -0.4 is 10.3 Å². The minimum atomic E-state index is -0.205. The molecule has 1 N–H and O–H groups in total. The van der Waals surface area contributed by atoms with Crippen molar-refractivity contribution >= 4 is 11.1 Å². The summed E-state index contributed by atoms with van der Waals surface area (Å²) in [6, 6.07) is 8.52. The van der Waals surface area contributed by atoms with Gasteiger partial charge in [-0.2, -0.15) is 0 Å². The predicted octanol–water partition coefficient (Wildman–Crippen LogP) is 2.27. The van der Waals surface area contributed by atoms with Crippen molar-refractivity contribution in [2.75, 3.05) is 0 Å². The van der Waals surface area contributed by atoms with Gasteiger partial charge in [0, 0.05) is 19.3 Å². The van der Waals surface area contributed by atoms with Gasteiger partial charge in [-0.3, -0.25) is 9.78 Å². The quantitative estimate of drug-likeness (QED) is 0.602. The molecule has 8 heteroatoms. The van der Waals surface area contributed by atoms with Gasteiger partial charge < -0.3 is 18.8 Å². The fourth-order valence-corrected chi connectivity index (χ4v) is 2.37. The van der Waals surface area contributed by atoms with Gasteiger partial charge in [-0.05, 0) is 24.3 Å². The summed E-state index contributed by atoms with van der Waals surface area (Å²) in [4.78, 5) is 24.0. The Morgan fingerprint density at radius 2 is 2.08 bits per heavy atom. The zero-order chi connectivity index (χ0) is 18.1. The number of pyridine rings is 1. The number of ether oxygens (including phenoxy) is 1. The number of aryl methyl sites for hydroxylation is 1. The molecule has 26 heavy (non-hydrogen) atoms. The van der Waals surface area contributed by atoms with Crippen molar-refractivity contribution in [3.8, 4) is 23.1 Å². The molecule has 0 spiro atoms. The average molecular weight is 350 g/mol. The van der Waals surface area contributed by atoms with Crippen molar-refractivity contribution in [2.45, 2.75) is 6.61 Å². The Labute approximate surface area is 147 Å². The number of oxazole rings is 1. The van der Waals surface area contributed by atoms with Crippen LogP contribution in [0.1, 0.15) is 5.69 Å². The number of fused-ring (bicyclic) bond motifs is 1. The van der Waals surface area contributed by atoms with E-state index < -0.39 is 0 Å². The molecule has 8 nitrogen and oxygen atoms in total. The molecule has 0 fully saturated rings. The molecule has 3 heterocycles. The molecule has 0 unspecified atom stereocenters. The molecule has 0 saturated carbocycles. The third-order valence-electron chi connectivity index (χ3n) is 3.75. The molecule has 0 radical (unpaired) electrons. The maximum Gasteiger partial charge on any atom is 0.268 e. The van der Waals surface area contributed by atoms with Crippen molar-refractivity contribution in [1.82, 2.24) is 19.5 Å². The van der Waals surface area contributed by atoms with Crippen LogP contribution in [0.3, 0.4) is 0 Å². The van der Waals surface area contributed by atoms with Crippen LogP contribution in [0.4, 0.5) is 0 Å². The highest BCUT2D eigenvalue weighted by molar-refractivity contribution is 5.77. The van der Waals surface area contributed by atoms with E-state index in [4.69, 9.17) is 9.15 Å². The van der Waals surface area contributed by atoms with Crippen molar-refractivity contribution in [1.29, 1.82) is 0 Å². The molecule has 0 aliphatic carbocycles. The van der Waals surface area contributed by atoms with Crippen molar-refractivity contribution in [3.63, 3.8) is 0 Å². The van der Waals surface area contributed by atoms with E-state index in [-0.39, 0.29) is 17.9 Å². The van der Waals surface area contributed by atoms with Gasteiger partial charge >= 0.3 is 0 Å². The SMILES string of the molecule is Cn1cc(-c2nc3cc(OCc4ccc(O)cn4)ccc3o2)ncc1=O. The standard InChI is InChI=1S/C18H14N4O4/c1-22-9-15(20-8-17(22)24)18-21-14-6-13(4-5-16(14)26-18)25-10-11-2-3-12(23)7-19-11/h2-9,23H,10H2,1H3. The number of aromatic nitrogens is 4. The van der Waals surface area contributed by atoms with Crippen LogP contribution >= 0.6 is 0 Å². The zero-order valence-corrected chi connectivity index (χ0v) is 13.8. The Morgan fingerprint density at radius 3 is 2.85 bits per heavy atom. The second-order valence-corrected chi connectivity index (χ2v) is 5.67.